The summed E-state index contributed by atoms with van der Waals surface area (Å²) in [6, 6.07) is 0. The van der Waals surface area contributed by atoms with Crippen LogP contribution in [0.3, 0.4) is 0 Å². The third-order valence-electron chi connectivity index (χ3n) is 2.03. The van der Waals surface area contributed by atoms with Crippen LogP contribution in [0.5, 0.6) is 0 Å². The average Bonchev–Trinajstić information content (AvgIpc) is 2.51. The first-order chi connectivity index (χ1) is 7.77. The van der Waals surface area contributed by atoms with Crippen LogP contribution in [0.1, 0.15) is 18.2 Å². The summed E-state index contributed by atoms with van der Waals surface area (Å²) in [4.78, 5) is 10.4. The summed E-state index contributed by atoms with van der Waals surface area (Å²) >= 11 is 0.844. The van der Waals surface area contributed by atoms with E-state index in [-0.39, 0.29) is 22.9 Å². The molecular weight excluding hydrogens is 257 g/mol. The maximum atomic E-state index is 12.6. The SMILES string of the molecule is CCn1nc(C(F)(F)F)c(C)c1SCC(=O)O. The smallest absolute Gasteiger partial charge is 0.435 e. The average molecular weight is 268 g/mol. The molecule has 4 nitrogen and oxygen atoms in total. The molecule has 0 spiro atoms. The third kappa shape index (κ3) is 3.15. The first kappa shape index (κ1) is 13.9. The number of aromatic nitrogens is 2. The van der Waals surface area contributed by atoms with E-state index in [0.29, 0.717) is 0 Å². The van der Waals surface area contributed by atoms with Crippen LogP contribution < -0.4 is 0 Å². The van der Waals surface area contributed by atoms with Gasteiger partial charge in [-0.05, 0) is 13.8 Å². The molecule has 0 aliphatic heterocycles. The van der Waals surface area contributed by atoms with Crippen LogP contribution in [0.25, 0.3) is 0 Å². The zero-order valence-electron chi connectivity index (χ0n) is 9.21. The van der Waals surface area contributed by atoms with Gasteiger partial charge in [0.05, 0.1) is 10.8 Å². The fourth-order valence-electron chi connectivity index (χ4n) is 1.33. The molecule has 0 atom stereocenters. The van der Waals surface area contributed by atoms with E-state index in [0.717, 1.165) is 11.8 Å². The molecule has 1 N–H and O–H groups in total. The Morgan fingerprint density at radius 3 is 2.53 bits per heavy atom. The van der Waals surface area contributed by atoms with Crippen molar-refractivity contribution in [1.29, 1.82) is 0 Å². The monoisotopic (exact) mass is 268 g/mol. The number of halogens is 3. The van der Waals surface area contributed by atoms with Crippen molar-refractivity contribution >= 4 is 17.7 Å². The van der Waals surface area contributed by atoms with E-state index < -0.39 is 17.8 Å². The summed E-state index contributed by atoms with van der Waals surface area (Å²) in [6.45, 7) is 3.21. The lowest BCUT2D eigenvalue weighted by atomic mass is 10.3. The Morgan fingerprint density at radius 2 is 2.12 bits per heavy atom. The van der Waals surface area contributed by atoms with Gasteiger partial charge in [-0.3, -0.25) is 9.48 Å². The number of carboxylic acids is 1. The highest BCUT2D eigenvalue weighted by Crippen LogP contribution is 2.35. The highest BCUT2D eigenvalue weighted by atomic mass is 32.2. The molecule has 1 aromatic heterocycles. The highest BCUT2D eigenvalue weighted by Gasteiger charge is 2.37. The maximum Gasteiger partial charge on any atom is 0.435 e. The molecule has 0 aliphatic carbocycles. The zero-order valence-corrected chi connectivity index (χ0v) is 10.0. The normalized spacial score (nSPS) is 11.8. The Hall–Kier alpha value is -1.18. The van der Waals surface area contributed by atoms with Crippen molar-refractivity contribution < 1.29 is 23.1 Å². The maximum absolute atomic E-state index is 12.6. The Morgan fingerprint density at radius 1 is 1.53 bits per heavy atom. The molecule has 0 radical (unpaired) electrons. The van der Waals surface area contributed by atoms with Gasteiger partial charge in [0, 0.05) is 12.1 Å². The minimum atomic E-state index is -4.51. The van der Waals surface area contributed by atoms with Gasteiger partial charge in [0.2, 0.25) is 0 Å². The number of hydrogen-bond donors (Lipinski definition) is 1. The molecule has 1 rings (SSSR count). The number of aryl methyl sites for hydroxylation is 1. The van der Waals surface area contributed by atoms with Gasteiger partial charge in [-0.1, -0.05) is 11.8 Å². The van der Waals surface area contributed by atoms with Crippen LogP contribution in [-0.4, -0.2) is 26.6 Å². The van der Waals surface area contributed by atoms with Gasteiger partial charge >= 0.3 is 12.1 Å². The van der Waals surface area contributed by atoms with Crippen molar-refractivity contribution in [3.63, 3.8) is 0 Å². The molecule has 0 saturated heterocycles. The zero-order chi connectivity index (χ0) is 13.2. The summed E-state index contributed by atoms with van der Waals surface area (Å²) in [6.07, 6.45) is -4.51. The molecule has 1 aromatic rings. The molecule has 0 aliphatic rings. The summed E-state index contributed by atoms with van der Waals surface area (Å²) < 4.78 is 38.9. The Kier molecular flexibility index (Phi) is 4.07. The van der Waals surface area contributed by atoms with Gasteiger partial charge in [0.25, 0.3) is 0 Å². The number of hydrogen-bond acceptors (Lipinski definition) is 3. The van der Waals surface area contributed by atoms with E-state index in [1.807, 2.05) is 0 Å². The van der Waals surface area contributed by atoms with Crippen LogP contribution in [0, 0.1) is 6.92 Å². The van der Waals surface area contributed by atoms with Gasteiger partial charge < -0.3 is 5.11 Å². The molecule has 0 amide bonds. The van der Waals surface area contributed by atoms with Crippen molar-refractivity contribution in [2.45, 2.75) is 31.6 Å². The summed E-state index contributed by atoms with van der Waals surface area (Å²) in [5, 5.41) is 12.2. The van der Waals surface area contributed by atoms with E-state index in [1.165, 1.54) is 11.6 Å². The van der Waals surface area contributed by atoms with Gasteiger partial charge in [0.15, 0.2) is 5.69 Å². The topological polar surface area (TPSA) is 55.1 Å². The molecule has 0 bridgehead atoms. The first-order valence-corrected chi connectivity index (χ1v) is 5.75. The number of carboxylic acid groups (broad SMARTS) is 1. The number of alkyl halides is 3. The van der Waals surface area contributed by atoms with Gasteiger partial charge in [-0.25, -0.2) is 0 Å². The Balaban J connectivity index is 3.11. The van der Waals surface area contributed by atoms with E-state index in [2.05, 4.69) is 5.10 Å². The molecule has 8 heteroatoms. The van der Waals surface area contributed by atoms with Crippen LogP contribution in [0.4, 0.5) is 13.2 Å². The third-order valence-corrected chi connectivity index (χ3v) is 3.21. The molecule has 0 fully saturated rings. The lowest BCUT2D eigenvalue weighted by molar-refractivity contribution is -0.142. The summed E-state index contributed by atoms with van der Waals surface area (Å²) in [5.74, 6) is -1.36. The number of aliphatic carboxylic acids is 1. The predicted octanol–water partition coefficient (Wildman–Crippen LogP) is 2.41. The van der Waals surface area contributed by atoms with Crippen molar-refractivity contribution in [2.75, 3.05) is 5.75 Å². The summed E-state index contributed by atoms with van der Waals surface area (Å²) in [7, 11) is 0. The fraction of sp³-hybridized carbons (Fsp3) is 0.556. The first-order valence-electron chi connectivity index (χ1n) is 4.76. The predicted molar refractivity (Wildman–Crippen MR) is 56.0 cm³/mol. The molecule has 17 heavy (non-hydrogen) atoms. The molecule has 0 aromatic carbocycles. The Bertz CT molecular complexity index is 429. The number of rotatable bonds is 4. The molecule has 1 heterocycles. The largest absolute Gasteiger partial charge is 0.481 e. The lowest BCUT2D eigenvalue weighted by Gasteiger charge is -2.03. The number of nitrogens with zero attached hydrogens (tertiary/aromatic N) is 2. The minimum Gasteiger partial charge on any atom is -0.481 e. The van der Waals surface area contributed by atoms with Gasteiger partial charge in [-0.15, -0.1) is 0 Å². The molecular formula is C9H11F3N2O2S. The molecule has 0 unspecified atom stereocenters. The van der Waals surface area contributed by atoms with Crippen molar-refractivity contribution in [2.24, 2.45) is 0 Å². The Labute approximate surface area is 99.8 Å². The second-order valence-corrected chi connectivity index (χ2v) is 4.24. The van der Waals surface area contributed by atoms with Gasteiger partial charge in [0.1, 0.15) is 0 Å². The standard InChI is InChI=1S/C9H11F3N2O2S/c1-3-14-8(17-4-6(15)16)5(2)7(13-14)9(10,11)12/h3-4H2,1-2H3,(H,15,16). The van der Waals surface area contributed by atoms with Crippen LogP contribution in [0.15, 0.2) is 5.03 Å². The van der Waals surface area contributed by atoms with Crippen molar-refractivity contribution in [3.05, 3.63) is 11.3 Å². The highest BCUT2D eigenvalue weighted by molar-refractivity contribution is 7.99. The molecule has 0 saturated carbocycles. The second-order valence-electron chi connectivity index (χ2n) is 3.27. The van der Waals surface area contributed by atoms with Crippen molar-refractivity contribution in [3.8, 4) is 0 Å². The second kappa shape index (κ2) is 4.99. The van der Waals surface area contributed by atoms with E-state index in [1.54, 1.807) is 6.92 Å². The van der Waals surface area contributed by atoms with Crippen LogP contribution in [-0.2, 0) is 17.5 Å². The number of carbonyl (C=O) groups is 1. The fourth-order valence-corrected chi connectivity index (χ4v) is 2.22. The van der Waals surface area contributed by atoms with Crippen LogP contribution in [0.2, 0.25) is 0 Å². The van der Waals surface area contributed by atoms with E-state index >= 15 is 0 Å². The minimum absolute atomic E-state index is 0.0226. The number of thioether (sulfide) groups is 1. The van der Waals surface area contributed by atoms with E-state index in [9.17, 15) is 18.0 Å². The van der Waals surface area contributed by atoms with Gasteiger partial charge in [-0.2, -0.15) is 18.3 Å². The quantitative estimate of drug-likeness (QED) is 0.852. The lowest BCUT2D eigenvalue weighted by Crippen LogP contribution is -2.08. The van der Waals surface area contributed by atoms with Crippen molar-refractivity contribution in [1.82, 2.24) is 9.78 Å². The van der Waals surface area contributed by atoms with Crippen LogP contribution >= 0.6 is 11.8 Å². The molecule has 96 valence electrons. The summed E-state index contributed by atoms with van der Waals surface area (Å²) in [5.41, 5.74) is -0.974. The van der Waals surface area contributed by atoms with E-state index in [4.69, 9.17) is 5.11 Å².